The Labute approximate surface area is 230 Å². The molecular weight excluding hydrogens is 496 g/mol. The zero-order valence-corrected chi connectivity index (χ0v) is 23.8. The van der Waals surface area contributed by atoms with E-state index in [1.54, 1.807) is 7.11 Å². The summed E-state index contributed by atoms with van der Waals surface area (Å²) >= 11 is 0. The van der Waals surface area contributed by atoms with Crippen molar-refractivity contribution in [3.63, 3.8) is 0 Å². The van der Waals surface area contributed by atoms with Gasteiger partial charge >= 0.3 is 5.97 Å². The molecule has 0 N–H and O–H groups in total. The zero-order valence-electron chi connectivity index (χ0n) is 23.8. The van der Waals surface area contributed by atoms with Crippen molar-refractivity contribution >= 4 is 5.97 Å². The third kappa shape index (κ3) is 32.9. The second kappa shape index (κ2) is 33.9. The van der Waals surface area contributed by atoms with Gasteiger partial charge in [0.2, 0.25) is 0 Å². The highest BCUT2D eigenvalue weighted by Crippen LogP contribution is 2.09. The van der Waals surface area contributed by atoms with Crippen molar-refractivity contribution in [2.45, 2.75) is 51.4 Å². The fourth-order valence-electron chi connectivity index (χ4n) is 3.12. The van der Waals surface area contributed by atoms with Crippen molar-refractivity contribution in [1.29, 1.82) is 0 Å². The molecule has 0 aliphatic carbocycles. The summed E-state index contributed by atoms with van der Waals surface area (Å²) in [5, 5.41) is 0. The summed E-state index contributed by atoms with van der Waals surface area (Å²) < 4.78 is 47.9. The summed E-state index contributed by atoms with van der Waals surface area (Å²) in [6, 6.07) is 0. The zero-order chi connectivity index (χ0) is 27.6. The van der Waals surface area contributed by atoms with Gasteiger partial charge in [-0.2, -0.15) is 0 Å². The maximum atomic E-state index is 11.7. The maximum Gasteiger partial charge on any atom is 0.305 e. The van der Waals surface area contributed by atoms with Crippen LogP contribution in [0.4, 0.5) is 0 Å². The van der Waals surface area contributed by atoms with E-state index in [2.05, 4.69) is 6.58 Å². The van der Waals surface area contributed by atoms with E-state index in [0.29, 0.717) is 106 Å². The van der Waals surface area contributed by atoms with Crippen LogP contribution in [0.2, 0.25) is 0 Å². The van der Waals surface area contributed by atoms with E-state index in [9.17, 15) is 4.79 Å². The number of hydrogen-bond donors (Lipinski definition) is 0. The highest BCUT2D eigenvalue weighted by Gasteiger charge is 2.02. The summed E-state index contributed by atoms with van der Waals surface area (Å²) in [4.78, 5) is 11.7. The summed E-state index contributed by atoms with van der Waals surface area (Å²) in [6.07, 6.45) is 10.4. The highest BCUT2D eigenvalue weighted by atomic mass is 16.6. The van der Waals surface area contributed by atoms with Crippen LogP contribution in [0.3, 0.4) is 0 Å². The van der Waals surface area contributed by atoms with Crippen LogP contribution >= 0.6 is 0 Å². The molecule has 38 heavy (non-hydrogen) atoms. The first kappa shape index (κ1) is 36.9. The van der Waals surface area contributed by atoms with Crippen LogP contribution in [-0.2, 0) is 47.4 Å². The van der Waals surface area contributed by atoms with Crippen molar-refractivity contribution < 1.29 is 47.4 Å². The van der Waals surface area contributed by atoms with Crippen LogP contribution in [0, 0.1) is 0 Å². The van der Waals surface area contributed by atoms with Gasteiger partial charge in [-0.05, 0) is 19.3 Å². The van der Waals surface area contributed by atoms with E-state index < -0.39 is 0 Å². The van der Waals surface area contributed by atoms with Crippen LogP contribution in [0.5, 0.6) is 0 Å². The SMILES string of the molecule is C=CCCCCCCCCC(=O)OCCOCCOCCOCCOCCOCCOCCOCCOC. The van der Waals surface area contributed by atoms with Crippen LogP contribution in [0.25, 0.3) is 0 Å². The van der Waals surface area contributed by atoms with Gasteiger partial charge in [-0.15, -0.1) is 6.58 Å². The molecule has 0 spiro atoms. The molecule has 0 unspecified atom stereocenters. The van der Waals surface area contributed by atoms with E-state index >= 15 is 0 Å². The van der Waals surface area contributed by atoms with Crippen LogP contribution in [-0.4, -0.2) is 119 Å². The minimum atomic E-state index is -0.147. The number of unbranched alkanes of at least 4 members (excludes halogenated alkanes) is 6. The average molecular weight is 551 g/mol. The molecule has 0 aromatic carbocycles. The molecule has 0 atom stereocenters. The summed E-state index contributed by atoms with van der Waals surface area (Å²) in [5.74, 6) is -0.147. The first-order valence-electron chi connectivity index (χ1n) is 14.1. The van der Waals surface area contributed by atoms with E-state index in [-0.39, 0.29) is 12.6 Å². The van der Waals surface area contributed by atoms with E-state index in [4.69, 9.17) is 42.6 Å². The number of esters is 1. The monoisotopic (exact) mass is 550 g/mol. The summed E-state index contributed by atoms with van der Waals surface area (Å²) in [7, 11) is 1.64. The highest BCUT2D eigenvalue weighted by molar-refractivity contribution is 5.69. The number of ether oxygens (including phenoxy) is 9. The number of carbonyl (C=O) groups is 1. The number of carbonyl (C=O) groups excluding carboxylic acids is 1. The van der Waals surface area contributed by atoms with E-state index in [1.807, 2.05) is 6.08 Å². The Morgan fingerprint density at radius 1 is 0.500 bits per heavy atom. The minimum absolute atomic E-state index is 0.147. The Morgan fingerprint density at radius 2 is 0.842 bits per heavy atom. The van der Waals surface area contributed by atoms with Gasteiger partial charge in [-0.1, -0.05) is 31.8 Å². The van der Waals surface area contributed by atoms with Crippen LogP contribution < -0.4 is 0 Å². The number of rotatable bonds is 33. The lowest BCUT2D eigenvalue weighted by molar-refractivity contribution is -0.145. The predicted octanol–water partition coefficient (Wildman–Crippen LogP) is 3.60. The molecule has 0 fully saturated rings. The molecule has 0 saturated heterocycles. The fraction of sp³-hybridized carbons (Fsp3) is 0.893. The Kier molecular flexibility index (Phi) is 32.9. The summed E-state index contributed by atoms with van der Waals surface area (Å²) in [5.41, 5.74) is 0. The molecule has 0 heterocycles. The second-order valence-electron chi connectivity index (χ2n) is 8.45. The molecule has 10 heteroatoms. The van der Waals surface area contributed by atoms with Gasteiger partial charge in [-0.25, -0.2) is 0 Å². The molecule has 0 saturated carbocycles. The molecule has 0 aliphatic heterocycles. The minimum Gasteiger partial charge on any atom is -0.463 e. The maximum absolute atomic E-state index is 11.7. The second-order valence-corrected chi connectivity index (χ2v) is 8.45. The number of methoxy groups -OCH3 is 1. The Hall–Kier alpha value is -1.11. The lowest BCUT2D eigenvalue weighted by Gasteiger charge is -2.08. The number of allylic oxidation sites excluding steroid dienone is 1. The largest absolute Gasteiger partial charge is 0.463 e. The molecule has 10 nitrogen and oxygen atoms in total. The smallest absolute Gasteiger partial charge is 0.305 e. The summed E-state index contributed by atoms with van der Waals surface area (Å²) in [6.45, 7) is 11.7. The Bertz CT molecular complexity index is 479. The van der Waals surface area contributed by atoms with Gasteiger partial charge in [0.15, 0.2) is 0 Å². The van der Waals surface area contributed by atoms with Crippen LogP contribution in [0.1, 0.15) is 51.4 Å². The normalized spacial score (nSPS) is 11.2. The van der Waals surface area contributed by atoms with Gasteiger partial charge in [-0.3, -0.25) is 4.79 Å². The molecule has 0 amide bonds. The standard InChI is InChI=1S/C28H54O10/c1-3-4-5-6-7-8-9-10-11-28(29)38-27-26-37-25-24-36-23-22-35-21-20-34-19-18-33-17-16-32-15-14-31-13-12-30-2/h3H,1,4-27H2,2H3. The van der Waals surface area contributed by atoms with Gasteiger partial charge in [0.05, 0.1) is 99.1 Å². The van der Waals surface area contributed by atoms with Crippen molar-refractivity contribution in [3.8, 4) is 0 Å². The first-order chi connectivity index (χ1) is 18.8. The molecular formula is C28H54O10. The topological polar surface area (TPSA) is 100 Å². The predicted molar refractivity (Wildman–Crippen MR) is 146 cm³/mol. The quantitative estimate of drug-likeness (QED) is 0.0684. The van der Waals surface area contributed by atoms with Gasteiger partial charge in [0.1, 0.15) is 6.61 Å². The Balaban J connectivity index is 3.11. The van der Waals surface area contributed by atoms with Crippen LogP contribution in [0.15, 0.2) is 12.7 Å². The van der Waals surface area contributed by atoms with Crippen molar-refractivity contribution in [2.24, 2.45) is 0 Å². The fourth-order valence-corrected chi connectivity index (χ4v) is 3.12. The number of hydrogen-bond acceptors (Lipinski definition) is 10. The van der Waals surface area contributed by atoms with Crippen molar-refractivity contribution in [1.82, 2.24) is 0 Å². The molecule has 226 valence electrons. The Morgan fingerprint density at radius 3 is 1.24 bits per heavy atom. The molecule has 0 aliphatic rings. The van der Waals surface area contributed by atoms with Gasteiger partial charge in [0, 0.05) is 13.5 Å². The van der Waals surface area contributed by atoms with E-state index in [1.165, 1.54) is 25.7 Å². The lowest BCUT2D eigenvalue weighted by atomic mass is 10.1. The molecule has 0 radical (unpaired) electrons. The van der Waals surface area contributed by atoms with E-state index in [0.717, 1.165) is 19.3 Å². The van der Waals surface area contributed by atoms with Crippen molar-refractivity contribution in [3.05, 3.63) is 12.7 Å². The van der Waals surface area contributed by atoms with Gasteiger partial charge in [0.25, 0.3) is 0 Å². The molecule has 0 rings (SSSR count). The van der Waals surface area contributed by atoms with Crippen molar-refractivity contribution in [2.75, 3.05) is 113 Å². The first-order valence-corrected chi connectivity index (χ1v) is 14.1. The van der Waals surface area contributed by atoms with Gasteiger partial charge < -0.3 is 42.6 Å². The average Bonchev–Trinajstić information content (AvgIpc) is 2.92. The third-order valence-corrected chi connectivity index (χ3v) is 5.19. The molecule has 0 aromatic rings. The molecule has 0 bridgehead atoms. The third-order valence-electron chi connectivity index (χ3n) is 5.19. The lowest BCUT2D eigenvalue weighted by Crippen LogP contribution is -2.15. The molecule has 0 aromatic heterocycles.